The Labute approximate surface area is 715 Å². The summed E-state index contributed by atoms with van der Waals surface area (Å²) in [4.78, 5) is 85.5. The summed E-state index contributed by atoms with van der Waals surface area (Å²) in [6.07, 6.45) is 24.9. The molecule has 634 valence electrons. The summed E-state index contributed by atoms with van der Waals surface area (Å²) in [6.45, 7) is 6.20. The standard InChI is InChI=1S/C22H20F3N7O2S.C22H23N7O2S.C20H19N7O2S.C16H11F2N7OS/c1-2-34-14-6-13(7-14)32-10-16(19(31-32)15-4-3-5-18(28-15)22(23,24)25)29-20(33)17-11-35-21(30-17)12-8-26-27-9-12;1-3-31-16-7-15(8-16)29-11-17(20(28-29)19-13(2)5-4-6-23-19)26-21(30)18-12-32-22(27-18)14-9-24-25-10-14;1-20(29)6-13(7-20)27-10-15(17(26-27)14-4-2-3-5-21-14)24-18(28)16-11-30-19(25-16)12-8-22-23-9-12;17-16(18)25-7-11(13(24-25)10-3-1-2-4-19-10)22-14(26)12-8-27-15(23-12)9-5-20-21-6-9/h3-5,8-11,13-14H,2,6-7H2,1H3,(H,26,27)(H,29,33);4-6,9-12,15-16H,3,7-8H2,1-2H3,(H,24,25)(H,26,30);2-5,8-11,13,29H,6-7H2,1H3,(H,22,23)(H,24,28);1-8,16H,(H,20,21)(H,22,26). The zero-order chi connectivity index (χ0) is 86.2. The molecule has 44 heteroatoms. The molecule has 0 aliphatic heterocycles. The Kier molecular flexibility index (Phi) is 24.9. The van der Waals surface area contributed by atoms with Crippen molar-refractivity contribution >= 4 is 91.7 Å². The number of alkyl halides is 5. The first-order valence-electron chi connectivity index (χ1n) is 38.5. The number of nitrogens with one attached hydrogen (secondary N) is 8. The average Bonchev–Trinajstić information content (AvgIpc) is 1.54. The number of aromatic nitrogens is 24. The Morgan fingerprint density at radius 3 is 1.23 bits per heavy atom. The maximum Gasteiger partial charge on any atom is 0.433 e. The van der Waals surface area contributed by atoms with Gasteiger partial charge >= 0.3 is 12.7 Å². The third kappa shape index (κ3) is 19.4. The van der Waals surface area contributed by atoms with Gasteiger partial charge < -0.3 is 35.8 Å². The predicted octanol–water partition coefficient (Wildman–Crippen LogP) is 15.5. The smallest absolute Gasteiger partial charge is 0.390 e. The van der Waals surface area contributed by atoms with E-state index in [1.807, 2.05) is 68.9 Å². The van der Waals surface area contributed by atoms with Crippen molar-refractivity contribution in [2.24, 2.45) is 0 Å². The lowest BCUT2D eigenvalue weighted by Crippen LogP contribution is -2.42. The highest BCUT2D eigenvalue weighted by Crippen LogP contribution is 2.44. The fourth-order valence-electron chi connectivity index (χ4n) is 13.5. The monoisotopic (exact) mass is 1760 g/mol. The van der Waals surface area contributed by atoms with Gasteiger partial charge in [-0.1, -0.05) is 24.3 Å². The Morgan fingerprint density at radius 2 is 0.863 bits per heavy atom. The third-order valence-electron chi connectivity index (χ3n) is 19.8. The van der Waals surface area contributed by atoms with E-state index in [4.69, 9.17) is 14.6 Å². The molecule has 0 aromatic carbocycles. The van der Waals surface area contributed by atoms with Crippen LogP contribution >= 0.6 is 45.3 Å². The summed E-state index contributed by atoms with van der Waals surface area (Å²) >= 11 is 5.32. The Hall–Kier alpha value is -13.8. The van der Waals surface area contributed by atoms with Crippen molar-refractivity contribution in [3.63, 3.8) is 0 Å². The molecule has 16 aromatic heterocycles. The van der Waals surface area contributed by atoms with Crippen LogP contribution in [-0.4, -0.2) is 180 Å². The maximum atomic E-state index is 13.3. The minimum Gasteiger partial charge on any atom is -0.390 e. The van der Waals surface area contributed by atoms with Crippen LogP contribution in [0, 0.1) is 6.92 Å². The minimum absolute atomic E-state index is 0.00641. The van der Waals surface area contributed by atoms with Crippen LogP contribution in [0.25, 0.3) is 87.8 Å². The van der Waals surface area contributed by atoms with E-state index < -0.39 is 35.8 Å². The summed E-state index contributed by atoms with van der Waals surface area (Å²) in [7, 11) is 0. The lowest BCUT2D eigenvalue weighted by molar-refractivity contribution is -0.141. The highest BCUT2D eigenvalue weighted by Gasteiger charge is 2.41. The molecule has 19 rings (SSSR count). The van der Waals surface area contributed by atoms with Gasteiger partial charge in [-0.3, -0.25) is 68.6 Å². The molecule has 0 atom stereocenters. The molecule has 35 nitrogen and oxygen atoms in total. The molecule has 4 amide bonds. The van der Waals surface area contributed by atoms with Gasteiger partial charge in [0.15, 0.2) is 0 Å². The van der Waals surface area contributed by atoms with Crippen LogP contribution in [0.3, 0.4) is 0 Å². The van der Waals surface area contributed by atoms with Gasteiger partial charge in [-0.2, -0.15) is 62.7 Å². The molecule has 0 saturated heterocycles. The molecule has 0 unspecified atom stereocenters. The van der Waals surface area contributed by atoms with Gasteiger partial charge in [-0.15, -0.1) is 45.3 Å². The number of aryl methyl sites for hydroxylation is 1. The second-order valence-corrected chi connectivity index (χ2v) is 32.1. The first kappa shape index (κ1) is 83.8. The van der Waals surface area contributed by atoms with E-state index >= 15 is 0 Å². The first-order valence-corrected chi connectivity index (χ1v) is 42.0. The van der Waals surface area contributed by atoms with E-state index in [2.05, 4.69) is 117 Å². The maximum absolute atomic E-state index is 13.3. The highest BCUT2D eigenvalue weighted by atomic mass is 32.1. The van der Waals surface area contributed by atoms with Crippen molar-refractivity contribution in [3.8, 4) is 87.8 Å². The molecule has 0 spiro atoms. The first-order chi connectivity index (χ1) is 60.0. The van der Waals surface area contributed by atoms with E-state index in [0.717, 1.165) is 76.5 Å². The molecule has 3 aliphatic rings. The van der Waals surface area contributed by atoms with Crippen molar-refractivity contribution in [3.05, 3.63) is 215 Å². The number of rotatable bonds is 24. The van der Waals surface area contributed by atoms with Crippen molar-refractivity contribution < 1.29 is 55.7 Å². The number of aromatic amines is 4. The number of thiazole rings is 4. The highest BCUT2D eigenvalue weighted by molar-refractivity contribution is 7.14. The van der Waals surface area contributed by atoms with Crippen LogP contribution in [0.5, 0.6) is 0 Å². The number of nitrogens with zero attached hydrogens (tertiary/aromatic N) is 20. The number of hydrogen-bond donors (Lipinski definition) is 9. The molecule has 124 heavy (non-hydrogen) atoms. The second kappa shape index (κ2) is 36.9. The van der Waals surface area contributed by atoms with Crippen LogP contribution in [0.15, 0.2) is 181 Å². The fraction of sp³-hybridized carbons (Fsp3) is 0.250. The summed E-state index contributed by atoms with van der Waals surface area (Å²) < 4.78 is 83.0. The largest absolute Gasteiger partial charge is 0.433 e. The van der Waals surface area contributed by atoms with Gasteiger partial charge in [0.1, 0.15) is 71.3 Å². The van der Waals surface area contributed by atoms with Gasteiger partial charge in [0.2, 0.25) is 0 Å². The van der Waals surface area contributed by atoms with Crippen molar-refractivity contribution in [1.82, 2.24) is 120 Å². The molecular formula is C80H73F5N28O7S4. The minimum atomic E-state index is -4.61. The lowest BCUT2D eigenvalue weighted by Gasteiger charge is -2.40. The number of amides is 4. The summed E-state index contributed by atoms with van der Waals surface area (Å²) in [5.74, 6) is -1.65. The SMILES string of the molecule is CC1(O)CC(n2cc(NC(=O)c3csc(-c4cn[nH]c4)n3)c(-c3ccccn3)n2)C1.CCOC1CC(n2cc(NC(=O)c3csc(-c4cn[nH]c4)n3)c(-c3cccc(C(F)(F)F)n3)n2)C1.CCOC1CC(n2cc(NC(=O)c3csc(-c4cn[nH]c4)n3)c(-c3ncccc3C)n2)C1.O=C(Nc1cn(C(F)F)nc1-c1ccccn1)c1csc(-c2cn[nH]c2)n1. The molecule has 0 radical (unpaired) electrons. The van der Waals surface area contributed by atoms with Crippen molar-refractivity contribution in [1.29, 1.82) is 0 Å². The van der Waals surface area contributed by atoms with E-state index in [-0.39, 0.29) is 82.0 Å². The number of aliphatic hydroxyl groups is 1. The van der Waals surface area contributed by atoms with Gasteiger partial charge in [-0.05, 0) is 114 Å². The molecular weight excluding hydrogens is 1690 g/mol. The summed E-state index contributed by atoms with van der Waals surface area (Å²) in [5, 5.41) is 74.9. The van der Waals surface area contributed by atoms with Crippen LogP contribution in [0.2, 0.25) is 0 Å². The molecule has 0 bridgehead atoms. The van der Waals surface area contributed by atoms with Gasteiger partial charge in [0, 0.05) is 119 Å². The fourth-order valence-corrected chi connectivity index (χ4v) is 16.6. The zero-order valence-corrected chi connectivity index (χ0v) is 69.1. The summed E-state index contributed by atoms with van der Waals surface area (Å²) in [5.41, 5.74) is 8.32. The molecule has 9 N–H and O–H groups in total. The predicted molar refractivity (Wildman–Crippen MR) is 450 cm³/mol. The quantitative estimate of drug-likeness (QED) is 0.0254. The van der Waals surface area contributed by atoms with E-state index in [1.54, 1.807) is 123 Å². The van der Waals surface area contributed by atoms with Crippen LogP contribution < -0.4 is 21.3 Å². The number of halogens is 5. The van der Waals surface area contributed by atoms with Gasteiger partial charge in [0.05, 0.1) is 112 Å². The number of ether oxygens (including phenoxy) is 2. The Morgan fingerprint density at radius 1 is 0.484 bits per heavy atom. The zero-order valence-electron chi connectivity index (χ0n) is 65.8. The third-order valence-corrected chi connectivity index (χ3v) is 23.4. The number of carbonyl (C=O) groups excluding carboxylic acids is 4. The Bertz CT molecular complexity index is 6300. The summed E-state index contributed by atoms with van der Waals surface area (Å²) in [6, 6.07) is 18.4. The molecule has 16 heterocycles. The van der Waals surface area contributed by atoms with Crippen LogP contribution in [-0.2, 0) is 15.7 Å². The number of pyridine rings is 4. The number of anilines is 4. The second-order valence-electron chi connectivity index (χ2n) is 28.6. The van der Waals surface area contributed by atoms with Gasteiger partial charge in [0.25, 0.3) is 23.6 Å². The van der Waals surface area contributed by atoms with Crippen LogP contribution in [0.1, 0.15) is 137 Å². The lowest BCUT2D eigenvalue weighted by atomic mass is 9.77. The van der Waals surface area contributed by atoms with E-state index in [1.165, 1.54) is 63.7 Å². The normalized spacial score (nSPS) is 17.0. The molecule has 16 aromatic rings. The number of carbonyl (C=O) groups is 4. The van der Waals surface area contributed by atoms with E-state index in [0.29, 0.717) is 91.3 Å². The molecule has 3 fully saturated rings. The molecule has 3 saturated carbocycles. The molecule has 3 aliphatic carbocycles. The van der Waals surface area contributed by atoms with E-state index in [9.17, 15) is 46.2 Å². The van der Waals surface area contributed by atoms with Crippen molar-refractivity contribution in [2.45, 2.75) is 115 Å². The topological polar surface area (TPSA) is 444 Å². The van der Waals surface area contributed by atoms with Gasteiger partial charge in [-0.25, -0.2) is 29.6 Å². The number of H-pyrrole nitrogens is 4. The van der Waals surface area contributed by atoms with Crippen LogP contribution in [0.4, 0.5) is 44.7 Å². The number of hydrogen-bond acceptors (Lipinski definition) is 27. The Balaban J connectivity index is 0.000000123. The average molecular weight is 1760 g/mol. The van der Waals surface area contributed by atoms with Crippen molar-refractivity contribution in [2.75, 3.05) is 34.5 Å².